The largest absolute Gasteiger partial charge is 0.352 e. The first kappa shape index (κ1) is 22.1. The van der Waals surface area contributed by atoms with Gasteiger partial charge in [0.15, 0.2) is 0 Å². The second-order valence-corrected chi connectivity index (χ2v) is 6.84. The fourth-order valence-corrected chi connectivity index (χ4v) is 3.27. The van der Waals surface area contributed by atoms with E-state index in [1.54, 1.807) is 0 Å². The minimum atomic E-state index is -0.519. The van der Waals surface area contributed by atoms with Crippen molar-refractivity contribution < 1.29 is 14.5 Å². The van der Waals surface area contributed by atoms with Crippen LogP contribution in [-0.2, 0) is 4.79 Å². The van der Waals surface area contributed by atoms with Crippen LogP contribution in [0, 0.1) is 16.0 Å². The first-order valence-electron chi connectivity index (χ1n) is 9.83. The molecule has 2 N–H and O–H groups in total. The molecule has 0 aliphatic rings. The molecule has 2 rings (SSSR count). The van der Waals surface area contributed by atoms with Gasteiger partial charge in [0.25, 0.3) is 11.6 Å². The second kappa shape index (κ2) is 10.9. The van der Waals surface area contributed by atoms with Crippen LogP contribution in [0.5, 0.6) is 0 Å². The van der Waals surface area contributed by atoms with Gasteiger partial charge in [-0.05, 0) is 23.6 Å². The fourth-order valence-electron chi connectivity index (χ4n) is 3.27. The van der Waals surface area contributed by atoms with Crippen molar-refractivity contribution in [2.24, 2.45) is 5.92 Å². The third kappa shape index (κ3) is 6.41. The maximum absolute atomic E-state index is 12.5. The molecule has 29 heavy (non-hydrogen) atoms. The number of nitrogens with one attached hydrogen (secondary N) is 2. The lowest BCUT2D eigenvalue weighted by Gasteiger charge is -2.27. The van der Waals surface area contributed by atoms with E-state index in [1.165, 1.54) is 24.3 Å². The van der Waals surface area contributed by atoms with Gasteiger partial charge < -0.3 is 10.6 Å². The minimum Gasteiger partial charge on any atom is -0.352 e. The number of non-ortho nitro benzene ring substituents is 1. The van der Waals surface area contributed by atoms with Crippen LogP contribution in [0.3, 0.4) is 0 Å². The summed E-state index contributed by atoms with van der Waals surface area (Å²) in [4.78, 5) is 34.8. The number of carbonyl (C=O) groups is 2. The number of nitrogens with zero attached hydrogens (tertiary/aromatic N) is 1. The molecule has 0 unspecified atom stereocenters. The Hall–Kier alpha value is -3.22. The summed E-state index contributed by atoms with van der Waals surface area (Å²) in [6.45, 7) is 4.41. The highest BCUT2D eigenvalue weighted by molar-refractivity contribution is 5.94. The summed E-state index contributed by atoms with van der Waals surface area (Å²) < 4.78 is 0. The highest BCUT2D eigenvalue weighted by Gasteiger charge is 2.22. The van der Waals surface area contributed by atoms with Crippen LogP contribution in [0.4, 0.5) is 5.69 Å². The zero-order chi connectivity index (χ0) is 21.2. The van der Waals surface area contributed by atoms with Gasteiger partial charge in [0.2, 0.25) is 5.91 Å². The summed E-state index contributed by atoms with van der Waals surface area (Å²) in [5.41, 5.74) is 1.31. The van der Waals surface area contributed by atoms with E-state index in [1.807, 2.05) is 30.3 Å². The average molecular weight is 397 g/mol. The van der Waals surface area contributed by atoms with Crippen molar-refractivity contribution in [2.45, 2.75) is 39.2 Å². The van der Waals surface area contributed by atoms with Crippen LogP contribution in [-0.4, -0.2) is 23.3 Å². The van der Waals surface area contributed by atoms with Gasteiger partial charge in [-0.15, -0.1) is 0 Å². The van der Waals surface area contributed by atoms with E-state index < -0.39 is 4.92 Å². The Morgan fingerprint density at radius 2 is 1.62 bits per heavy atom. The Labute approximate surface area is 170 Å². The molecule has 7 heteroatoms. The second-order valence-electron chi connectivity index (χ2n) is 6.84. The molecule has 2 aromatic carbocycles. The van der Waals surface area contributed by atoms with Gasteiger partial charge in [-0.1, -0.05) is 57.0 Å². The summed E-state index contributed by atoms with van der Waals surface area (Å²) >= 11 is 0. The molecular weight excluding hydrogens is 370 g/mol. The minimum absolute atomic E-state index is 0.0657. The molecule has 0 fully saturated rings. The van der Waals surface area contributed by atoms with Gasteiger partial charge in [0, 0.05) is 30.7 Å². The predicted molar refractivity (Wildman–Crippen MR) is 111 cm³/mol. The number of rotatable bonds is 10. The van der Waals surface area contributed by atoms with Gasteiger partial charge in [-0.3, -0.25) is 19.7 Å². The van der Waals surface area contributed by atoms with Crippen molar-refractivity contribution in [3.63, 3.8) is 0 Å². The molecule has 0 saturated heterocycles. The number of benzene rings is 2. The summed E-state index contributed by atoms with van der Waals surface area (Å²) in [6.07, 6.45) is 2.06. The lowest BCUT2D eigenvalue weighted by molar-refractivity contribution is -0.384. The quantitative estimate of drug-likeness (QED) is 0.467. The van der Waals surface area contributed by atoms with Crippen molar-refractivity contribution in [3.8, 4) is 0 Å². The zero-order valence-electron chi connectivity index (χ0n) is 16.8. The molecule has 0 saturated carbocycles. The van der Waals surface area contributed by atoms with Crippen molar-refractivity contribution >= 4 is 17.5 Å². The van der Waals surface area contributed by atoms with Crippen molar-refractivity contribution in [2.75, 3.05) is 6.54 Å². The van der Waals surface area contributed by atoms with E-state index in [0.29, 0.717) is 11.5 Å². The monoisotopic (exact) mass is 397 g/mol. The maximum Gasteiger partial charge on any atom is 0.269 e. The van der Waals surface area contributed by atoms with E-state index in [2.05, 4.69) is 24.5 Å². The Morgan fingerprint density at radius 3 is 2.17 bits per heavy atom. The number of hydrogen-bond donors (Lipinski definition) is 2. The molecule has 0 aliphatic carbocycles. The lowest BCUT2D eigenvalue weighted by atomic mass is 9.88. The van der Waals surface area contributed by atoms with Crippen molar-refractivity contribution in [1.82, 2.24) is 10.6 Å². The molecular formula is C22H27N3O4. The molecule has 0 aliphatic heterocycles. The molecule has 0 aromatic heterocycles. The van der Waals surface area contributed by atoms with Crippen LogP contribution >= 0.6 is 0 Å². The van der Waals surface area contributed by atoms with Gasteiger partial charge in [0.1, 0.15) is 0 Å². The first-order chi connectivity index (χ1) is 14.0. The molecule has 2 aromatic rings. The normalized spacial score (nSPS) is 11.7. The van der Waals surface area contributed by atoms with Gasteiger partial charge in [-0.2, -0.15) is 0 Å². The highest BCUT2D eigenvalue weighted by Crippen LogP contribution is 2.27. The molecule has 0 bridgehead atoms. The van der Waals surface area contributed by atoms with Gasteiger partial charge in [0.05, 0.1) is 11.0 Å². The molecule has 0 radical (unpaired) electrons. The van der Waals surface area contributed by atoms with E-state index in [9.17, 15) is 19.7 Å². The molecule has 1 atom stereocenters. The SMILES string of the molecule is CCC(CC)[C@H](NC(=O)CCNC(=O)c1ccc([N+](=O)[O-])cc1)c1ccccc1. The first-order valence-corrected chi connectivity index (χ1v) is 9.83. The third-order valence-corrected chi connectivity index (χ3v) is 4.97. The molecule has 0 heterocycles. The van der Waals surface area contributed by atoms with Crippen LogP contribution in [0.25, 0.3) is 0 Å². The zero-order valence-corrected chi connectivity index (χ0v) is 16.8. The Morgan fingerprint density at radius 1 is 1.00 bits per heavy atom. The lowest BCUT2D eigenvalue weighted by Crippen LogP contribution is -2.35. The number of hydrogen-bond acceptors (Lipinski definition) is 4. The molecule has 0 spiro atoms. The number of nitro benzene ring substituents is 1. The molecule has 154 valence electrons. The Balaban J connectivity index is 1.90. The van der Waals surface area contributed by atoms with E-state index in [4.69, 9.17) is 0 Å². The van der Waals surface area contributed by atoms with Crippen LogP contribution in [0.2, 0.25) is 0 Å². The summed E-state index contributed by atoms with van der Waals surface area (Å²) in [5, 5.41) is 16.5. The van der Waals surface area contributed by atoms with Gasteiger partial charge in [-0.25, -0.2) is 0 Å². The standard InChI is InChI=1S/C22H27N3O4/c1-3-16(4-2)21(17-8-6-5-7-9-17)24-20(26)14-15-23-22(27)18-10-12-19(13-11-18)25(28)29/h5-13,16,21H,3-4,14-15H2,1-2H3,(H,23,27)(H,24,26)/t21-/m0/s1. The van der Waals surface area contributed by atoms with Crippen LogP contribution in [0.15, 0.2) is 54.6 Å². The Bertz CT molecular complexity index is 818. The van der Waals surface area contributed by atoms with Crippen LogP contribution < -0.4 is 10.6 Å². The highest BCUT2D eigenvalue weighted by atomic mass is 16.6. The van der Waals surface area contributed by atoms with Crippen LogP contribution in [0.1, 0.15) is 55.1 Å². The summed E-state index contributed by atoms with van der Waals surface area (Å²) in [7, 11) is 0. The van der Waals surface area contributed by atoms with E-state index >= 15 is 0 Å². The number of amides is 2. The smallest absolute Gasteiger partial charge is 0.269 e. The topological polar surface area (TPSA) is 101 Å². The van der Waals surface area contributed by atoms with E-state index in [0.717, 1.165) is 18.4 Å². The Kier molecular flexibility index (Phi) is 8.33. The number of carbonyl (C=O) groups excluding carboxylic acids is 2. The van der Waals surface area contributed by atoms with Crippen molar-refractivity contribution in [3.05, 3.63) is 75.8 Å². The van der Waals surface area contributed by atoms with E-state index in [-0.39, 0.29) is 36.5 Å². The van der Waals surface area contributed by atoms with Gasteiger partial charge >= 0.3 is 0 Å². The third-order valence-electron chi connectivity index (χ3n) is 4.97. The predicted octanol–water partition coefficient (Wildman–Crippen LogP) is 4.01. The number of nitro groups is 1. The van der Waals surface area contributed by atoms with Crippen molar-refractivity contribution in [1.29, 1.82) is 0 Å². The summed E-state index contributed by atoms with van der Waals surface area (Å²) in [6, 6.07) is 15.2. The summed E-state index contributed by atoms with van der Waals surface area (Å²) in [5.74, 6) is -0.168. The maximum atomic E-state index is 12.5. The average Bonchev–Trinajstić information content (AvgIpc) is 2.74. The fraction of sp³-hybridized carbons (Fsp3) is 0.364. The molecule has 7 nitrogen and oxygen atoms in total. The molecule has 2 amide bonds.